The van der Waals surface area contributed by atoms with Crippen molar-refractivity contribution < 1.29 is 26.7 Å². The molecular weight excluding hydrogens is 451 g/mol. The van der Waals surface area contributed by atoms with Crippen LogP contribution in [0.4, 0.5) is 13.2 Å². The second kappa shape index (κ2) is 11.8. The summed E-state index contributed by atoms with van der Waals surface area (Å²) in [5.74, 6) is 0. The fourth-order valence-corrected chi connectivity index (χ4v) is 5.12. The van der Waals surface area contributed by atoms with Crippen molar-refractivity contribution >= 4 is 10.4 Å². The summed E-state index contributed by atoms with van der Waals surface area (Å²) < 4.78 is 67.7. The summed E-state index contributed by atoms with van der Waals surface area (Å²) in [7, 11) is -3.22. The lowest BCUT2D eigenvalue weighted by Crippen LogP contribution is -2.76. The minimum Gasteiger partial charge on any atom is -0.598 e. The average molecular weight is 488 g/mol. The van der Waals surface area contributed by atoms with Crippen LogP contribution in [0, 0.1) is 0 Å². The maximum Gasteiger partial charge on any atom is 0.411 e. The summed E-state index contributed by atoms with van der Waals surface area (Å²) >= 11 is 0. The lowest BCUT2D eigenvalue weighted by Gasteiger charge is -2.41. The molecule has 3 heterocycles. The zero-order valence-corrected chi connectivity index (χ0v) is 19.3. The van der Waals surface area contributed by atoms with Gasteiger partial charge in [-0.15, -0.1) is 4.31 Å². The number of hydrogen-bond donors (Lipinski definition) is 5. The molecule has 3 saturated heterocycles. The van der Waals surface area contributed by atoms with E-state index < -0.39 is 42.1 Å². The number of rotatable bonds is 10. The van der Waals surface area contributed by atoms with Gasteiger partial charge in [-0.3, -0.25) is 26.6 Å². The van der Waals surface area contributed by atoms with E-state index in [4.69, 9.17) is 4.74 Å². The Bertz CT molecular complexity index is 613. The van der Waals surface area contributed by atoms with Gasteiger partial charge in [0, 0.05) is 19.1 Å². The van der Waals surface area contributed by atoms with Gasteiger partial charge < -0.3 is 14.2 Å². The first-order chi connectivity index (χ1) is 15.1. The molecule has 0 saturated carbocycles. The first-order valence-corrected chi connectivity index (χ1v) is 13.1. The van der Waals surface area contributed by atoms with Crippen LogP contribution < -0.4 is 26.6 Å². The van der Waals surface area contributed by atoms with Gasteiger partial charge >= 0.3 is 6.18 Å². The number of halogens is 3. The second-order valence-electron chi connectivity index (χ2n) is 8.63. The van der Waals surface area contributed by atoms with Gasteiger partial charge in [-0.2, -0.15) is 13.2 Å². The zero-order chi connectivity index (χ0) is 23.2. The lowest BCUT2D eigenvalue weighted by molar-refractivity contribution is -0.199. The largest absolute Gasteiger partial charge is 0.598 e. The number of sulfonamides is 1. The monoisotopic (exact) mass is 487 g/mol. The molecule has 3 aliphatic heterocycles. The Morgan fingerprint density at radius 2 is 1.75 bits per heavy atom. The van der Waals surface area contributed by atoms with E-state index in [1.807, 2.05) is 0 Å². The predicted octanol–water partition coefficient (Wildman–Crippen LogP) is -0.497. The van der Waals surface area contributed by atoms with Gasteiger partial charge in [-0.05, 0) is 58.3 Å². The molecule has 10 nitrogen and oxygen atoms in total. The number of likely N-dealkylation sites (tertiary alicyclic amines) is 1. The van der Waals surface area contributed by atoms with Crippen molar-refractivity contribution in [1.29, 1.82) is 0 Å². The summed E-state index contributed by atoms with van der Waals surface area (Å²) in [4.78, 5) is 2.41. The van der Waals surface area contributed by atoms with Crippen molar-refractivity contribution in [3.05, 3.63) is 0 Å². The summed E-state index contributed by atoms with van der Waals surface area (Å²) in [5, 5.41) is 15.8. The maximum atomic E-state index is 12.6. The van der Waals surface area contributed by atoms with Crippen molar-refractivity contribution in [2.24, 2.45) is 0 Å². The third kappa shape index (κ3) is 9.08. The zero-order valence-electron chi connectivity index (χ0n) is 18.5. The average Bonchev–Trinajstić information content (AvgIpc) is 3.22. The molecule has 0 aromatic rings. The number of piperidine rings is 1. The highest BCUT2D eigenvalue weighted by molar-refractivity contribution is 7.94. The summed E-state index contributed by atoms with van der Waals surface area (Å²) in [6.45, 7) is 3.40. The molecule has 0 amide bonds. The van der Waals surface area contributed by atoms with Crippen LogP contribution in [0.5, 0.6) is 0 Å². The van der Waals surface area contributed by atoms with E-state index in [2.05, 4.69) is 31.5 Å². The van der Waals surface area contributed by atoms with E-state index in [0.717, 1.165) is 26.1 Å². The van der Waals surface area contributed by atoms with E-state index in [1.54, 1.807) is 0 Å². The van der Waals surface area contributed by atoms with Gasteiger partial charge in [0.1, 0.15) is 35.8 Å². The van der Waals surface area contributed by atoms with E-state index in [9.17, 15) is 21.9 Å². The number of nitrogens with zero attached hydrogens (tertiary/aromatic N) is 2. The molecule has 188 valence electrons. The fourth-order valence-electron chi connectivity index (χ4n) is 4.25. The molecule has 0 aromatic carbocycles. The topological polar surface area (TPSA) is 116 Å². The molecule has 3 fully saturated rings. The van der Waals surface area contributed by atoms with Gasteiger partial charge in [-0.1, -0.05) is 4.21 Å². The molecule has 3 aliphatic rings. The molecule has 3 rings (SSSR count). The van der Waals surface area contributed by atoms with Crippen LogP contribution in [-0.2, 0) is 19.3 Å². The molecule has 0 aromatic heterocycles. The fraction of sp³-hybridized carbons (Fsp3) is 1.00. The van der Waals surface area contributed by atoms with Crippen LogP contribution in [0.25, 0.3) is 0 Å². The Morgan fingerprint density at radius 3 is 2.38 bits per heavy atom. The van der Waals surface area contributed by atoms with Crippen LogP contribution in [0.2, 0.25) is 0 Å². The Kier molecular flexibility index (Phi) is 9.67. The third-order valence-corrected chi connectivity index (χ3v) is 7.21. The normalized spacial score (nSPS) is 31.1. The highest BCUT2D eigenvalue weighted by Gasteiger charge is 2.35. The molecule has 0 spiro atoms. The van der Waals surface area contributed by atoms with Crippen LogP contribution in [0.1, 0.15) is 32.1 Å². The summed E-state index contributed by atoms with van der Waals surface area (Å²) in [5.41, 5.74) is 0. The number of nitrogens with one attached hydrogen (secondary N) is 5. The Hall–Kier alpha value is -0.420. The summed E-state index contributed by atoms with van der Waals surface area (Å²) in [6, 6.07) is 0.0233. The molecule has 5 N–H and O–H groups in total. The Morgan fingerprint density at radius 1 is 1.09 bits per heavy atom. The minimum atomic E-state index is -4.42. The summed E-state index contributed by atoms with van der Waals surface area (Å²) in [6.07, 6.45) is -0.537. The molecule has 0 bridgehead atoms. The Labute approximate surface area is 188 Å². The highest BCUT2D eigenvalue weighted by atomic mass is 32.3. The predicted molar refractivity (Wildman–Crippen MR) is 114 cm³/mol. The van der Waals surface area contributed by atoms with Crippen molar-refractivity contribution in [3.63, 3.8) is 0 Å². The minimum absolute atomic E-state index is 0.0233. The van der Waals surface area contributed by atoms with Gasteiger partial charge in [0.2, 0.25) is 0 Å². The quantitative estimate of drug-likeness (QED) is 0.206. The Balaban J connectivity index is 1.46. The van der Waals surface area contributed by atoms with Crippen molar-refractivity contribution in [2.45, 2.75) is 63.3 Å². The van der Waals surface area contributed by atoms with E-state index in [0.29, 0.717) is 32.5 Å². The standard InChI is InChI=1S/C18H36F3N7O3S/c1-32(29,30)28-11-5-14(6-12-28)23-16-24-15(22-7-4-10-27-8-2-3-9-27)25-17(26-16)31-13-18(19,20)21/h14-17,22-26H,2-13H2,1H3. The molecule has 4 atom stereocenters. The van der Waals surface area contributed by atoms with E-state index in [-0.39, 0.29) is 6.04 Å². The SMILES string of the molecule is C[S+](=O)([O-])N1CCC(NC2NC(NCCCN3CCCC3)NC(OCC(F)(F)F)N2)CC1. The van der Waals surface area contributed by atoms with Crippen LogP contribution in [-0.4, -0.2) is 97.0 Å². The van der Waals surface area contributed by atoms with E-state index in [1.165, 1.54) is 23.4 Å². The lowest BCUT2D eigenvalue weighted by atomic mass is 10.1. The maximum absolute atomic E-state index is 12.6. The van der Waals surface area contributed by atoms with Gasteiger partial charge in [-0.25, -0.2) is 0 Å². The molecule has 14 heteroatoms. The second-order valence-corrected chi connectivity index (χ2v) is 10.6. The third-order valence-electron chi connectivity index (χ3n) is 5.91. The van der Waals surface area contributed by atoms with Gasteiger partial charge in [0.15, 0.2) is 6.35 Å². The van der Waals surface area contributed by atoms with E-state index >= 15 is 0 Å². The number of hydrogen-bond acceptors (Lipinski definition) is 9. The van der Waals surface area contributed by atoms with Crippen molar-refractivity contribution in [1.82, 2.24) is 35.8 Å². The van der Waals surface area contributed by atoms with Crippen molar-refractivity contribution in [3.8, 4) is 0 Å². The first-order valence-electron chi connectivity index (χ1n) is 11.2. The van der Waals surface area contributed by atoms with Crippen LogP contribution >= 0.6 is 0 Å². The number of ether oxygens (including phenoxy) is 1. The van der Waals surface area contributed by atoms with Crippen LogP contribution in [0.15, 0.2) is 0 Å². The van der Waals surface area contributed by atoms with Crippen LogP contribution in [0.3, 0.4) is 0 Å². The van der Waals surface area contributed by atoms with Gasteiger partial charge in [0.05, 0.1) is 0 Å². The molecule has 0 aliphatic carbocycles. The smallest absolute Gasteiger partial charge is 0.411 e. The highest BCUT2D eigenvalue weighted by Crippen LogP contribution is 2.17. The first kappa shape index (κ1) is 26.2. The van der Waals surface area contributed by atoms with Gasteiger partial charge in [0.25, 0.3) is 0 Å². The molecular formula is C18H36F3N7O3S. The molecule has 4 unspecified atom stereocenters. The number of alkyl halides is 3. The van der Waals surface area contributed by atoms with Crippen molar-refractivity contribution in [2.75, 3.05) is 52.1 Å². The molecule has 32 heavy (non-hydrogen) atoms. The molecule has 0 radical (unpaired) electrons.